The predicted molar refractivity (Wildman–Crippen MR) is 115 cm³/mol. The Bertz CT molecular complexity index is 966. The summed E-state index contributed by atoms with van der Waals surface area (Å²) in [6, 6.07) is 7.25. The van der Waals surface area contributed by atoms with Gasteiger partial charge < -0.3 is 10.2 Å². The number of rotatable bonds is 5. The Morgan fingerprint density at radius 1 is 1.14 bits per heavy atom. The average Bonchev–Trinajstić information content (AvgIpc) is 3.41. The normalized spacial score (nSPS) is 20.7. The minimum Gasteiger partial charge on any atom is -0.357 e. The quantitative estimate of drug-likeness (QED) is 0.782. The lowest BCUT2D eigenvalue weighted by Crippen LogP contribution is -2.43. The fourth-order valence-corrected chi connectivity index (χ4v) is 6.85. The molecule has 0 aliphatic carbocycles. The molecule has 1 unspecified atom stereocenters. The first-order valence-corrected chi connectivity index (χ1v) is 12.3. The molecule has 2 fully saturated rings. The Morgan fingerprint density at radius 3 is 2.59 bits per heavy atom. The molecule has 0 bridgehead atoms. The summed E-state index contributed by atoms with van der Waals surface area (Å²) in [5.41, 5.74) is 0.645. The van der Waals surface area contributed by atoms with Crippen LogP contribution in [-0.4, -0.2) is 49.8 Å². The number of sulfonamides is 1. The van der Waals surface area contributed by atoms with E-state index in [9.17, 15) is 13.2 Å². The minimum atomic E-state index is -3.54. The van der Waals surface area contributed by atoms with Crippen molar-refractivity contribution in [2.45, 2.75) is 36.8 Å². The van der Waals surface area contributed by atoms with Gasteiger partial charge in [0.05, 0.1) is 17.8 Å². The number of hydrogen-bond acceptors (Lipinski definition) is 6. The molecular formula is C20H26N4O3S2. The Labute approximate surface area is 175 Å². The third-order valence-corrected chi connectivity index (χ3v) is 8.84. The summed E-state index contributed by atoms with van der Waals surface area (Å²) in [5.74, 6) is 0.419. The number of carbonyl (C=O) groups excluding carboxylic acids is 1. The number of nitrogens with one attached hydrogen (secondary N) is 1. The third-order valence-electron chi connectivity index (χ3n) is 5.51. The monoisotopic (exact) mass is 434 g/mol. The first kappa shape index (κ1) is 20.3. The van der Waals surface area contributed by atoms with E-state index in [4.69, 9.17) is 0 Å². The molecule has 29 heavy (non-hydrogen) atoms. The zero-order valence-corrected chi connectivity index (χ0v) is 18.1. The van der Waals surface area contributed by atoms with Crippen LogP contribution >= 0.6 is 11.3 Å². The molecule has 0 saturated carbocycles. The van der Waals surface area contributed by atoms with Crippen LogP contribution in [-0.2, 0) is 14.8 Å². The van der Waals surface area contributed by atoms with Crippen molar-refractivity contribution in [2.24, 2.45) is 5.92 Å². The third kappa shape index (κ3) is 4.46. The van der Waals surface area contributed by atoms with Gasteiger partial charge in [-0.1, -0.05) is 0 Å². The molecule has 156 valence electrons. The molecule has 2 aliphatic heterocycles. The number of piperidine rings is 1. The van der Waals surface area contributed by atoms with Gasteiger partial charge in [-0.3, -0.25) is 4.79 Å². The van der Waals surface area contributed by atoms with Crippen LogP contribution in [0.1, 0.15) is 30.6 Å². The summed E-state index contributed by atoms with van der Waals surface area (Å²) >= 11 is 1.27. The van der Waals surface area contributed by atoms with Crippen LogP contribution in [0.2, 0.25) is 0 Å². The van der Waals surface area contributed by atoms with Gasteiger partial charge in [-0.2, -0.15) is 4.31 Å². The van der Waals surface area contributed by atoms with Crippen LogP contribution in [0.15, 0.2) is 34.7 Å². The molecule has 0 radical (unpaired) electrons. The number of hydrogen-bond donors (Lipinski definition) is 1. The second-order valence-electron chi connectivity index (χ2n) is 7.66. The molecule has 9 heteroatoms. The van der Waals surface area contributed by atoms with Crippen LogP contribution in [0, 0.1) is 12.8 Å². The number of pyridine rings is 1. The molecule has 2 aliphatic rings. The highest BCUT2D eigenvalue weighted by Gasteiger charge is 2.34. The van der Waals surface area contributed by atoms with Gasteiger partial charge in [-0.15, -0.1) is 11.3 Å². The number of amides is 1. The van der Waals surface area contributed by atoms with Gasteiger partial charge in [-0.05, 0) is 56.9 Å². The molecule has 0 spiro atoms. The minimum absolute atomic E-state index is 0.150. The molecule has 2 aromatic heterocycles. The molecule has 1 atom stereocenters. The summed E-state index contributed by atoms with van der Waals surface area (Å²) in [6.45, 7) is 4.60. The van der Waals surface area contributed by atoms with Crippen molar-refractivity contribution in [3.8, 4) is 0 Å². The molecule has 1 N–H and O–H groups in total. The van der Waals surface area contributed by atoms with E-state index in [0.29, 0.717) is 29.3 Å². The van der Waals surface area contributed by atoms with Gasteiger partial charge in [0.25, 0.3) is 10.0 Å². The molecule has 0 aromatic carbocycles. The smallest absolute Gasteiger partial charge is 0.252 e. The SMILES string of the molecule is Cc1ccc(S(=O)(=O)N2CCCC(C(=O)Nc3ccc(N4CCCC4)nc3)C2)s1. The molecule has 4 heterocycles. The van der Waals surface area contributed by atoms with E-state index < -0.39 is 10.0 Å². The van der Waals surface area contributed by atoms with E-state index in [-0.39, 0.29) is 18.4 Å². The van der Waals surface area contributed by atoms with E-state index in [0.717, 1.165) is 23.8 Å². The zero-order valence-electron chi connectivity index (χ0n) is 16.5. The maximum absolute atomic E-state index is 12.9. The van der Waals surface area contributed by atoms with Crippen molar-refractivity contribution in [1.82, 2.24) is 9.29 Å². The van der Waals surface area contributed by atoms with Crippen LogP contribution in [0.3, 0.4) is 0 Å². The molecule has 2 saturated heterocycles. The van der Waals surface area contributed by atoms with Crippen molar-refractivity contribution in [1.29, 1.82) is 0 Å². The van der Waals surface area contributed by atoms with Crippen molar-refractivity contribution in [2.75, 3.05) is 36.4 Å². The maximum atomic E-state index is 12.9. The molecule has 2 aromatic rings. The molecule has 1 amide bonds. The first-order valence-electron chi connectivity index (χ1n) is 10.0. The second kappa shape index (κ2) is 8.41. The number of thiophene rings is 1. The van der Waals surface area contributed by atoms with Crippen molar-refractivity contribution >= 4 is 38.8 Å². The lowest BCUT2D eigenvalue weighted by atomic mass is 9.99. The lowest BCUT2D eigenvalue weighted by Gasteiger charge is -2.30. The highest BCUT2D eigenvalue weighted by molar-refractivity contribution is 7.91. The Morgan fingerprint density at radius 2 is 1.93 bits per heavy atom. The van der Waals surface area contributed by atoms with E-state index in [2.05, 4.69) is 15.2 Å². The van der Waals surface area contributed by atoms with E-state index in [1.54, 1.807) is 12.3 Å². The second-order valence-corrected chi connectivity index (χ2v) is 11.1. The summed E-state index contributed by atoms with van der Waals surface area (Å²) in [6.07, 6.45) is 5.41. The standard InChI is InChI=1S/C20H26N4O3S2/c1-15-6-9-19(28-15)29(26,27)24-12-4-5-16(14-24)20(25)22-17-7-8-18(21-13-17)23-10-2-3-11-23/h6-9,13,16H,2-5,10-12,14H2,1H3,(H,22,25). The average molecular weight is 435 g/mol. The Hall–Kier alpha value is -1.97. The van der Waals surface area contributed by atoms with Crippen LogP contribution < -0.4 is 10.2 Å². The van der Waals surface area contributed by atoms with Gasteiger partial charge in [0.1, 0.15) is 10.0 Å². The first-order chi connectivity index (χ1) is 13.9. The largest absolute Gasteiger partial charge is 0.357 e. The summed E-state index contributed by atoms with van der Waals surface area (Å²) in [4.78, 5) is 20.4. The number of aryl methyl sites for hydroxylation is 1. The fraction of sp³-hybridized carbons (Fsp3) is 0.500. The maximum Gasteiger partial charge on any atom is 0.252 e. The van der Waals surface area contributed by atoms with E-state index in [1.807, 2.05) is 25.1 Å². The van der Waals surface area contributed by atoms with E-state index in [1.165, 1.54) is 28.5 Å². The number of aromatic nitrogens is 1. The van der Waals surface area contributed by atoms with Crippen molar-refractivity contribution in [3.05, 3.63) is 35.3 Å². The lowest BCUT2D eigenvalue weighted by molar-refractivity contribution is -0.120. The number of carbonyl (C=O) groups is 1. The van der Waals surface area contributed by atoms with Gasteiger partial charge in [0, 0.05) is 31.1 Å². The zero-order chi connectivity index (χ0) is 20.4. The summed E-state index contributed by atoms with van der Waals surface area (Å²) < 4.78 is 27.6. The number of nitrogens with zero attached hydrogens (tertiary/aromatic N) is 3. The highest BCUT2D eigenvalue weighted by Crippen LogP contribution is 2.29. The molecule has 4 rings (SSSR count). The Balaban J connectivity index is 1.39. The summed E-state index contributed by atoms with van der Waals surface area (Å²) in [7, 11) is -3.54. The summed E-state index contributed by atoms with van der Waals surface area (Å²) in [5, 5.41) is 2.91. The Kier molecular flexibility index (Phi) is 5.89. The van der Waals surface area contributed by atoms with Crippen LogP contribution in [0.25, 0.3) is 0 Å². The highest BCUT2D eigenvalue weighted by atomic mass is 32.2. The van der Waals surface area contributed by atoms with Crippen LogP contribution in [0.4, 0.5) is 11.5 Å². The topological polar surface area (TPSA) is 82.6 Å². The van der Waals surface area contributed by atoms with E-state index >= 15 is 0 Å². The van der Waals surface area contributed by atoms with Crippen molar-refractivity contribution < 1.29 is 13.2 Å². The number of anilines is 2. The van der Waals surface area contributed by atoms with Gasteiger partial charge in [0.15, 0.2) is 0 Å². The van der Waals surface area contributed by atoms with Crippen LogP contribution in [0.5, 0.6) is 0 Å². The molecule has 7 nitrogen and oxygen atoms in total. The molecular weight excluding hydrogens is 408 g/mol. The van der Waals surface area contributed by atoms with Gasteiger partial charge >= 0.3 is 0 Å². The van der Waals surface area contributed by atoms with Gasteiger partial charge in [-0.25, -0.2) is 13.4 Å². The predicted octanol–water partition coefficient (Wildman–Crippen LogP) is 3.09. The van der Waals surface area contributed by atoms with Crippen molar-refractivity contribution in [3.63, 3.8) is 0 Å². The fourth-order valence-electron chi connectivity index (χ4n) is 3.89. The van der Waals surface area contributed by atoms with Gasteiger partial charge in [0.2, 0.25) is 5.91 Å².